The van der Waals surface area contributed by atoms with E-state index in [0.717, 1.165) is 17.6 Å². The predicted octanol–water partition coefficient (Wildman–Crippen LogP) is 0.198. The zero-order chi connectivity index (χ0) is 15.2. The van der Waals surface area contributed by atoms with Crippen molar-refractivity contribution in [3.05, 3.63) is 11.1 Å². The van der Waals surface area contributed by atoms with Gasteiger partial charge in [-0.25, -0.2) is 22.9 Å². The Bertz CT molecular complexity index is 581. The van der Waals surface area contributed by atoms with Gasteiger partial charge in [0.25, 0.3) is 0 Å². The van der Waals surface area contributed by atoms with Crippen LogP contribution in [0.25, 0.3) is 0 Å². The third kappa shape index (κ3) is 6.59. The van der Waals surface area contributed by atoms with Crippen LogP contribution in [-0.2, 0) is 19.6 Å². The van der Waals surface area contributed by atoms with Gasteiger partial charge in [-0.3, -0.25) is 4.79 Å². The minimum Gasteiger partial charge on any atom is -0.461 e. The van der Waals surface area contributed by atoms with E-state index in [-0.39, 0.29) is 24.8 Å². The number of carbonyl (C=O) groups excluding carboxylic acids is 2. The summed E-state index contributed by atoms with van der Waals surface area (Å²) in [5, 5.41) is 4.25. The molecule has 0 bridgehead atoms. The van der Waals surface area contributed by atoms with E-state index in [0.29, 0.717) is 11.6 Å². The normalized spacial score (nSPS) is 11.1. The number of hydrogen-bond donors (Lipinski definition) is 2. The molecule has 1 aromatic heterocycles. The van der Waals surface area contributed by atoms with Crippen molar-refractivity contribution in [3.8, 4) is 0 Å². The number of esters is 1. The molecular formula is C10H15N3O5S2. The summed E-state index contributed by atoms with van der Waals surface area (Å²) in [6, 6.07) is 0. The van der Waals surface area contributed by atoms with Crippen molar-refractivity contribution >= 4 is 38.4 Å². The number of sulfonamides is 1. The highest BCUT2D eigenvalue weighted by atomic mass is 32.2. The Morgan fingerprint density at radius 3 is 2.75 bits per heavy atom. The largest absolute Gasteiger partial charge is 0.461 e. The molecule has 1 heterocycles. The van der Waals surface area contributed by atoms with Gasteiger partial charge < -0.3 is 10.1 Å². The van der Waals surface area contributed by atoms with Gasteiger partial charge in [0, 0.05) is 18.8 Å². The lowest BCUT2D eigenvalue weighted by Gasteiger charge is -2.03. The van der Waals surface area contributed by atoms with Crippen LogP contribution in [0.3, 0.4) is 0 Å². The molecule has 0 fully saturated rings. The van der Waals surface area contributed by atoms with Crippen molar-refractivity contribution in [1.29, 1.82) is 0 Å². The second kappa shape index (κ2) is 7.31. The Hall–Kier alpha value is -1.52. The lowest BCUT2D eigenvalue weighted by atomic mass is 10.4. The first kappa shape index (κ1) is 16.5. The molecule has 0 saturated heterocycles. The van der Waals surface area contributed by atoms with Gasteiger partial charge in [-0.15, -0.1) is 11.3 Å². The monoisotopic (exact) mass is 321 g/mol. The van der Waals surface area contributed by atoms with E-state index < -0.39 is 16.0 Å². The number of rotatable bonds is 7. The average Bonchev–Trinajstić information content (AvgIpc) is 2.74. The van der Waals surface area contributed by atoms with E-state index in [9.17, 15) is 18.0 Å². The van der Waals surface area contributed by atoms with Crippen molar-refractivity contribution in [3.63, 3.8) is 0 Å². The predicted molar refractivity (Wildman–Crippen MR) is 74.2 cm³/mol. The fourth-order valence-corrected chi connectivity index (χ4v) is 2.39. The molecule has 1 rings (SSSR count). The van der Waals surface area contributed by atoms with Crippen LogP contribution in [-0.4, -0.2) is 44.7 Å². The van der Waals surface area contributed by atoms with Gasteiger partial charge in [0.05, 0.1) is 12.9 Å². The number of anilines is 1. The maximum Gasteiger partial charge on any atom is 0.357 e. The molecule has 2 N–H and O–H groups in total. The van der Waals surface area contributed by atoms with E-state index in [4.69, 9.17) is 4.74 Å². The second-order valence-corrected chi connectivity index (χ2v) is 6.57. The molecule has 0 aromatic carbocycles. The molecule has 0 aliphatic rings. The fraction of sp³-hybridized carbons (Fsp3) is 0.500. The highest BCUT2D eigenvalue weighted by Crippen LogP contribution is 2.15. The van der Waals surface area contributed by atoms with Gasteiger partial charge in [0.2, 0.25) is 15.9 Å². The summed E-state index contributed by atoms with van der Waals surface area (Å²) in [7, 11) is -3.23. The second-order valence-electron chi connectivity index (χ2n) is 3.88. The fourth-order valence-electron chi connectivity index (χ4n) is 1.14. The lowest BCUT2D eigenvalue weighted by Crippen LogP contribution is -2.24. The van der Waals surface area contributed by atoms with Crippen LogP contribution in [0.4, 0.5) is 5.13 Å². The maximum atomic E-state index is 11.6. The van der Waals surface area contributed by atoms with Crippen LogP contribution in [0.15, 0.2) is 5.38 Å². The van der Waals surface area contributed by atoms with Gasteiger partial charge in [-0.1, -0.05) is 0 Å². The molecule has 0 spiro atoms. The highest BCUT2D eigenvalue weighted by Gasteiger charge is 2.12. The smallest absolute Gasteiger partial charge is 0.357 e. The molecule has 10 heteroatoms. The summed E-state index contributed by atoms with van der Waals surface area (Å²) in [5.41, 5.74) is 0.106. The number of nitrogens with one attached hydrogen (secondary N) is 2. The Morgan fingerprint density at radius 1 is 1.45 bits per heavy atom. The van der Waals surface area contributed by atoms with Crippen molar-refractivity contribution in [2.45, 2.75) is 13.3 Å². The van der Waals surface area contributed by atoms with E-state index in [2.05, 4.69) is 15.0 Å². The first-order valence-corrected chi connectivity index (χ1v) is 8.40. The van der Waals surface area contributed by atoms with Crippen molar-refractivity contribution in [2.24, 2.45) is 0 Å². The molecule has 0 unspecified atom stereocenters. The number of hydrogen-bond acceptors (Lipinski definition) is 7. The first-order valence-electron chi connectivity index (χ1n) is 5.63. The number of aromatic nitrogens is 1. The quantitative estimate of drug-likeness (QED) is 0.547. The molecular weight excluding hydrogens is 306 g/mol. The van der Waals surface area contributed by atoms with Gasteiger partial charge in [-0.05, 0) is 6.42 Å². The van der Waals surface area contributed by atoms with Crippen LogP contribution in [0.1, 0.15) is 23.8 Å². The SMILES string of the molecule is CC(=O)Nc1nc(C(=O)OCCCNS(C)(=O)=O)cs1. The van der Waals surface area contributed by atoms with Crippen LogP contribution >= 0.6 is 11.3 Å². The summed E-state index contributed by atoms with van der Waals surface area (Å²) < 4.78 is 28.8. The molecule has 112 valence electrons. The van der Waals surface area contributed by atoms with Crippen LogP contribution in [0.2, 0.25) is 0 Å². The summed E-state index contributed by atoms with van der Waals surface area (Å²) in [4.78, 5) is 26.3. The van der Waals surface area contributed by atoms with E-state index in [1.165, 1.54) is 12.3 Å². The number of thiazole rings is 1. The van der Waals surface area contributed by atoms with Gasteiger partial charge in [-0.2, -0.15) is 0 Å². The number of amides is 1. The average molecular weight is 321 g/mol. The molecule has 20 heavy (non-hydrogen) atoms. The Labute approximate surface area is 120 Å². The van der Waals surface area contributed by atoms with Crippen LogP contribution < -0.4 is 10.0 Å². The Morgan fingerprint density at radius 2 is 2.15 bits per heavy atom. The topological polar surface area (TPSA) is 114 Å². The molecule has 0 aliphatic heterocycles. The van der Waals surface area contributed by atoms with E-state index in [1.54, 1.807) is 0 Å². The van der Waals surface area contributed by atoms with Crippen molar-refractivity contribution in [1.82, 2.24) is 9.71 Å². The first-order chi connectivity index (χ1) is 9.28. The maximum absolute atomic E-state index is 11.6. The molecule has 0 radical (unpaired) electrons. The highest BCUT2D eigenvalue weighted by molar-refractivity contribution is 7.88. The number of carbonyl (C=O) groups is 2. The summed E-state index contributed by atoms with van der Waals surface area (Å²) in [6.07, 6.45) is 1.42. The Balaban J connectivity index is 2.32. The molecule has 0 atom stereocenters. The number of ether oxygens (including phenoxy) is 1. The minimum atomic E-state index is -3.23. The van der Waals surface area contributed by atoms with Crippen molar-refractivity contribution < 1.29 is 22.7 Å². The molecule has 1 aromatic rings. The van der Waals surface area contributed by atoms with E-state index >= 15 is 0 Å². The molecule has 0 saturated carbocycles. The molecule has 0 aliphatic carbocycles. The third-order valence-electron chi connectivity index (χ3n) is 1.91. The van der Waals surface area contributed by atoms with Gasteiger partial charge in [0.15, 0.2) is 10.8 Å². The van der Waals surface area contributed by atoms with Gasteiger partial charge >= 0.3 is 5.97 Å². The third-order valence-corrected chi connectivity index (χ3v) is 3.40. The van der Waals surface area contributed by atoms with E-state index in [1.807, 2.05) is 0 Å². The van der Waals surface area contributed by atoms with Crippen LogP contribution in [0.5, 0.6) is 0 Å². The molecule has 8 nitrogen and oxygen atoms in total. The molecule has 1 amide bonds. The lowest BCUT2D eigenvalue weighted by molar-refractivity contribution is -0.114. The number of nitrogens with zero attached hydrogens (tertiary/aromatic N) is 1. The van der Waals surface area contributed by atoms with Crippen molar-refractivity contribution in [2.75, 3.05) is 24.7 Å². The standard InChI is InChI=1S/C10H15N3O5S2/c1-7(14)12-10-13-8(6-19-10)9(15)18-5-3-4-11-20(2,16)17/h6,11H,3-5H2,1-2H3,(H,12,13,14). The summed E-state index contributed by atoms with van der Waals surface area (Å²) >= 11 is 1.12. The Kier molecular flexibility index (Phi) is 6.05. The summed E-state index contributed by atoms with van der Waals surface area (Å²) in [6.45, 7) is 1.61. The summed E-state index contributed by atoms with van der Waals surface area (Å²) in [5.74, 6) is -0.886. The minimum absolute atomic E-state index is 0.0777. The zero-order valence-corrected chi connectivity index (χ0v) is 12.6. The zero-order valence-electron chi connectivity index (χ0n) is 11.0. The van der Waals surface area contributed by atoms with Gasteiger partial charge in [0.1, 0.15) is 0 Å². The van der Waals surface area contributed by atoms with Crippen LogP contribution in [0, 0.1) is 0 Å².